The normalized spacial score (nSPS) is 38.7. The Morgan fingerprint density at radius 2 is 2.19 bits per heavy atom. The monoisotopic (exact) mass is 222 g/mol. The summed E-state index contributed by atoms with van der Waals surface area (Å²) in [6.07, 6.45) is 7.45. The van der Waals surface area contributed by atoms with Crippen LogP contribution in [0.3, 0.4) is 0 Å². The van der Waals surface area contributed by atoms with Gasteiger partial charge in [-0.3, -0.25) is 4.79 Å². The van der Waals surface area contributed by atoms with Gasteiger partial charge in [0.05, 0.1) is 5.92 Å². The minimum absolute atomic E-state index is 0.250. The largest absolute Gasteiger partial charge is 0.353 e. The number of carbonyl (C=O) groups excluding carboxylic acids is 1. The second-order valence-electron chi connectivity index (χ2n) is 5.98. The van der Waals surface area contributed by atoms with E-state index in [0.717, 1.165) is 12.3 Å². The predicted molar refractivity (Wildman–Crippen MR) is 63.0 cm³/mol. The van der Waals surface area contributed by atoms with E-state index in [1.165, 1.54) is 32.1 Å². The van der Waals surface area contributed by atoms with Crippen LogP contribution >= 0.6 is 0 Å². The molecule has 90 valence electrons. The van der Waals surface area contributed by atoms with Gasteiger partial charge in [-0.2, -0.15) is 0 Å². The van der Waals surface area contributed by atoms with E-state index in [2.05, 4.69) is 17.6 Å². The lowest BCUT2D eigenvalue weighted by molar-refractivity contribution is -0.126. The Morgan fingerprint density at radius 1 is 1.38 bits per heavy atom. The average molecular weight is 222 g/mol. The number of hydrogen-bond acceptors (Lipinski definition) is 2. The van der Waals surface area contributed by atoms with Gasteiger partial charge in [0.15, 0.2) is 0 Å². The van der Waals surface area contributed by atoms with Gasteiger partial charge in [0.2, 0.25) is 5.91 Å². The van der Waals surface area contributed by atoms with E-state index in [-0.39, 0.29) is 5.92 Å². The van der Waals surface area contributed by atoms with Crippen LogP contribution < -0.4 is 10.6 Å². The summed E-state index contributed by atoms with van der Waals surface area (Å²) < 4.78 is 0. The zero-order valence-electron chi connectivity index (χ0n) is 10.0. The van der Waals surface area contributed by atoms with Crippen LogP contribution in [-0.4, -0.2) is 24.0 Å². The molecule has 2 aliphatic heterocycles. The summed E-state index contributed by atoms with van der Waals surface area (Å²) in [5.74, 6) is 1.45. The molecule has 0 aromatic heterocycles. The smallest absolute Gasteiger partial charge is 0.224 e. The molecule has 1 amide bonds. The second-order valence-corrected chi connectivity index (χ2v) is 5.98. The number of rotatable bonds is 4. The van der Waals surface area contributed by atoms with Gasteiger partial charge in [-0.25, -0.2) is 0 Å². The predicted octanol–water partition coefficient (Wildman–Crippen LogP) is 1.43. The fourth-order valence-electron chi connectivity index (χ4n) is 3.38. The molecule has 0 spiro atoms. The molecule has 3 aliphatic rings. The minimum Gasteiger partial charge on any atom is -0.353 e. The van der Waals surface area contributed by atoms with E-state index in [1.54, 1.807) is 0 Å². The third kappa shape index (κ3) is 2.10. The van der Waals surface area contributed by atoms with Crippen LogP contribution in [0.25, 0.3) is 0 Å². The van der Waals surface area contributed by atoms with Gasteiger partial charge in [-0.15, -0.1) is 0 Å². The Balaban J connectivity index is 1.49. The Kier molecular flexibility index (Phi) is 2.66. The van der Waals surface area contributed by atoms with Crippen LogP contribution in [0.15, 0.2) is 0 Å². The number of fused-ring (bicyclic) bond motifs is 2. The van der Waals surface area contributed by atoms with Crippen LogP contribution in [-0.2, 0) is 4.79 Å². The number of nitrogens with one attached hydrogen (secondary N) is 2. The van der Waals surface area contributed by atoms with Crippen LogP contribution in [0.5, 0.6) is 0 Å². The Hall–Kier alpha value is -0.570. The lowest BCUT2D eigenvalue weighted by atomic mass is 9.88. The Morgan fingerprint density at radius 3 is 2.75 bits per heavy atom. The molecule has 0 aromatic rings. The molecule has 4 unspecified atom stereocenters. The van der Waals surface area contributed by atoms with Gasteiger partial charge >= 0.3 is 0 Å². The molecule has 2 bridgehead atoms. The highest BCUT2D eigenvalue weighted by Gasteiger charge is 2.42. The molecule has 3 heteroatoms. The summed E-state index contributed by atoms with van der Waals surface area (Å²) in [6.45, 7) is 2.15. The van der Waals surface area contributed by atoms with Crippen molar-refractivity contribution in [3.63, 3.8) is 0 Å². The molecule has 16 heavy (non-hydrogen) atoms. The van der Waals surface area contributed by atoms with E-state index in [0.29, 0.717) is 24.0 Å². The molecule has 3 rings (SSSR count). The second kappa shape index (κ2) is 4.02. The minimum atomic E-state index is 0.250. The molecule has 1 saturated carbocycles. The van der Waals surface area contributed by atoms with Crippen molar-refractivity contribution in [2.24, 2.45) is 11.8 Å². The van der Waals surface area contributed by atoms with Crippen LogP contribution in [0.2, 0.25) is 0 Å². The van der Waals surface area contributed by atoms with E-state index in [1.807, 2.05) is 0 Å². The first-order valence-electron chi connectivity index (χ1n) is 6.79. The first kappa shape index (κ1) is 10.6. The van der Waals surface area contributed by atoms with E-state index in [4.69, 9.17) is 0 Å². The van der Waals surface area contributed by atoms with Gasteiger partial charge < -0.3 is 10.6 Å². The standard InChI is InChI=1S/C13H22N2O/c1-8(6-9-2-3-9)14-13(16)11-7-10-4-5-12(11)15-10/h8-12,15H,2-7H2,1H3,(H,14,16). The zero-order valence-corrected chi connectivity index (χ0v) is 10.0. The lowest BCUT2D eigenvalue weighted by Gasteiger charge is -2.22. The van der Waals surface area contributed by atoms with Gasteiger partial charge in [0.1, 0.15) is 0 Å². The fourth-order valence-corrected chi connectivity index (χ4v) is 3.38. The number of amides is 1. The van der Waals surface area contributed by atoms with Crippen LogP contribution in [0.4, 0.5) is 0 Å². The fraction of sp³-hybridized carbons (Fsp3) is 0.923. The number of hydrogen-bond donors (Lipinski definition) is 2. The molecule has 3 fully saturated rings. The summed E-state index contributed by atoms with van der Waals surface area (Å²) in [5.41, 5.74) is 0. The molecule has 2 heterocycles. The SMILES string of the molecule is CC(CC1CC1)NC(=O)C1CC2CCC1N2. The van der Waals surface area contributed by atoms with E-state index in [9.17, 15) is 4.79 Å². The molecule has 3 nitrogen and oxygen atoms in total. The quantitative estimate of drug-likeness (QED) is 0.755. The summed E-state index contributed by atoms with van der Waals surface area (Å²) in [6, 6.07) is 1.47. The summed E-state index contributed by atoms with van der Waals surface area (Å²) >= 11 is 0. The van der Waals surface area contributed by atoms with Crippen molar-refractivity contribution in [1.82, 2.24) is 10.6 Å². The van der Waals surface area contributed by atoms with Crippen molar-refractivity contribution < 1.29 is 4.79 Å². The van der Waals surface area contributed by atoms with Crippen molar-refractivity contribution in [3.05, 3.63) is 0 Å². The topological polar surface area (TPSA) is 41.1 Å². The van der Waals surface area contributed by atoms with Crippen molar-refractivity contribution >= 4 is 5.91 Å². The van der Waals surface area contributed by atoms with E-state index < -0.39 is 0 Å². The highest BCUT2D eigenvalue weighted by molar-refractivity contribution is 5.80. The maximum atomic E-state index is 12.1. The third-order valence-electron chi connectivity index (χ3n) is 4.41. The summed E-state index contributed by atoms with van der Waals surface area (Å²) in [5, 5.41) is 6.72. The van der Waals surface area contributed by atoms with Crippen LogP contribution in [0.1, 0.15) is 45.4 Å². The molecule has 2 N–H and O–H groups in total. The molecule has 0 aromatic carbocycles. The lowest BCUT2D eigenvalue weighted by Crippen LogP contribution is -2.41. The molecule has 0 radical (unpaired) electrons. The molecular weight excluding hydrogens is 200 g/mol. The van der Waals surface area contributed by atoms with Crippen molar-refractivity contribution in [3.8, 4) is 0 Å². The Labute approximate surface area is 97.4 Å². The average Bonchev–Trinajstić information content (AvgIpc) is 2.81. The van der Waals surface area contributed by atoms with Gasteiger partial charge in [-0.1, -0.05) is 12.8 Å². The van der Waals surface area contributed by atoms with Gasteiger partial charge in [0.25, 0.3) is 0 Å². The molecule has 4 atom stereocenters. The van der Waals surface area contributed by atoms with E-state index >= 15 is 0 Å². The molecular formula is C13H22N2O. The first-order chi connectivity index (χ1) is 7.72. The van der Waals surface area contributed by atoms with Gasteiger partial charge in [0, 0.05) is 18.1 Å². The Bertz CT molecular complexity index is 288. The van der Waals surface area contributed by atoms with Crippen molar-refractivity contribution in [2.75, 3.05) is 0 Å². The molecule has 1 aliphatic carbocycles. The van der Waals surface area contributed by atoms with Gasteiger partial charge in [-0.05, 0) is 38.5 Å². The third-order valence-corrected chi connectivity index (χ3v) is 4.41. The highest BCUT2D eigenvalue weighted by atomic mass is 16.2. The maximum Gasteiger partial charge on any atom is 0.224 e. The summed E-state index contributed by atoms with van der Waals surface area (Å²) in [4.78, 5) is 12.1. The summed E-state index contributed by atoms with van der Waals surface area (Å²) in [7, 11) is 0. The van der Waals surface area contributed by atoms with Crippen molar-refractivity contribution in [1.29, 1.82) is 0 Å². The maximum absolute atomic E-state index is 12.1. The van der Waals surface area contributed by atoms with Crippen molar-refractivity contribution in [2.45, 2.75) is 63.6 Å². The van der Waals surface area contributed by atoms with Crippen LogP contribution in [0, 0.1) is 11.8 Å². The first-order valence-corrected chi connectivity index (χ1v) is 6.79. The molecule has 2 saturated heterocycles. The zero-order chi connectivity index (χ0) is 11.1. The number of carbonyl (C=O) groups is 1. The highest BCUT2D eigenvalue weighted by Crippen LogP contribution is 2.35.